The third-order valence-electron chi connectivity index (χ3n) is 2.58. The van der Waals surface area contributed by atoms with Crippen LogP contribution in [0.5, 0.6) is 0 Å². The Bertz CT molecular complexity index is 665. The molecule has 0 unspecified atom stereocenters. The number of aromatic nitrogens is 2. The van der Waals surface area contributed by atoms with Gasteiger partial charge in [-0.3, -0.25) is 4.98 Å². The van der Waals surface area contributed by atoms with Gasteiger partial charge in [-0.2, -0.15) is 0 Å². The molecule has 0 aliphatic rings. The number of nitrogens with zero attached hydrogens (tertiary/aromatic N) is 2. The Hall–Kier alpha value is -1.74. The molecule has 3 rings (SSSR count). The standard InChI is InChI=1S/C14H9BrN2/c15-11-5-7-12-10(9-11)4-6-14(17-12)13-3-1-2-8-16-13/h1-9H. The van der Waals surface area contributed by atoms with Crippen molar-refractivity contribution in [2.75, 3.05) is 0 Å². The molecule has 0 amide bonds. The molecule has 0 aliphatic carbocycles. The fraction of sp³-hybridized carbons (Fsp3) is 0. The maximum Gasteiger partial charge on any atom is 0.0893 e. The van der Waals surface area contributed by atoms with E-state index in [1.165, 1.54) is 0 Å². The van der Waals surface area contributed by atoms with Gasteiger partial charge in [-0.05, 0) is 36.4 Å². The molecule has 0 radical (unpaired) electrons. The van der Waals surface area contributed by atoms with Crippen molar-refractivity contribution in [3.8, 4) is 11.4 Å². The van der Waals surface area contributed by atoms with Gasteiger partial charge in [0.05, 0.1) is 16.9 Å². The molecule has 3 heteroatoms. The maximum atomic E-state index is 4.60. The minimum Gasteiger partial charge on any atom is -0.255 e. The van der Waals surface area contributed by atoms with Gasteiger partial charge in [-0.1, -0.05) is 28.1 Å². The topological polar surface area (TPSA) is 25.8 Å². The molecule has 0 fully saturated rings. The Labute approximate surface area is 107 Å². The molecule has 0 atom stereocenters. The molecule has 0 saturated carbocycles. The lowest BCUT2D eigenvalue weighted by atomic mass is 10.2. The number of hydrogen-bond donors (Lipinski definition) is 0. The van der Waals surface area contributed by atoms with Gasteiger partial charge in [-0.15, -0.1) is 0 Å². The molecule has 2 nitrogen and oxygen atoms in total. The molecule has 0 saturated heterocycles. The lowest BCUT2D eigenvalue weighted by Crippen LogP contribution is -1.87. The summed E-state index contributed by atoms with van der Waals surface area (Å²) in [5, 5.41) is 1.12. The first kappa shape index (κ1) is 10.4. The Morgan fingerprint density at radius 3 is 2.65 bits per heavy atom. The average molecular weight is 285 g/mol. The minimum absolute atomic E-state index is 0.900. The average Bonchev–Trinajstić information content (AvgIpc) is 2.39. The summed E-state index contributed by atoms with van der Waals surface area (Å²) in [5.74, 6) is 0. The molecule has 0 aliphatic heterocycles. The van der Waals surface area contributed by atoms with Crippen molar-refractivity contribution in [2.45, 2.75) is 0 Å². The summed E-state index contributed by atoms with van der Waals surface area (Å²) < 4.78 is 1.07. The number of benzene rings is 1. The van der Waals surface area contributed by atoms with Crippen LogP contribution < -0.4 is 0 Å². The maximum absolute atomic E-state index is 4.60. The number of pyridine rings is 2. The Balaban J connectivity index is 2.17. The van der Waals surface area contributed by atoms with Gasteiger partial charge in [0.1, 0.15) is 0 Å². The van der Waals surface area contributed by atoms with E-state index in [0.29, 0.717) is 0 Å². The first-order valence-electron chi connectivity index (χ1n) is 5.31. The van der Waals surface area contributed by atoms with Crippen LogP contribution in [0.25, 0.3) is 22.3 Å². The number of halogens is 1. The fourth-order valence-corrected chi connectivity index (χ4v) is 2.13. The van der Waals surface area contributed by atoms with Crippen molar-refractivity contribution in [2.24, 2.45) is 0 Å². The highest BCUT2D eigenvalue weighted by Gasteiger charge is 2.02. The van der Waals surface area contributed by atoms with Crippen molar-refractivity contribution in [1.29, 1.82) is 0 Å². The van der Waals surface area contributed by atoms with E-state index >= 15 is 0 Å². The monoisotopic (exact) mass is 284 g/mol. The molecule has 0 spiro atoms. The molecular weight excluding hydrogens is 276 g/mol. The second-order valence-corrected chi connectivity index (χ2v) is 4.66. The zero-order chi connectivity index (χ0) is 11.7. The highest BCUT2D eigenvalue weighted by atomic mass is 79.9. The van der Waals surface area contributed by atoms with Crippen LogP contribution in [0.3, 0.4) is 0 Å². The molecule has 3 aromatic rings. The Morgan fingerprint density at radius 2 is 1.82 bits per heavy atom. The van der Waals surface area contributed by atoms with Gasteiger partial charge in [-0.25, -0.2) is 4.98 Å². The smallest absolute Gasteiger partial charge is 0.0893 e. The van der Waals surface area contributed by atoms with Crippen molar-refractivity contribution >= 4 is 26.8 Å². The van der Waals surface area contributed by atoms with Gasteiger partial charge >= 0.3 is 0 Å². The summed E-state index contributed by atoms with van der Waals surface area (Å²) in [4.78, 5) is 8.90. The number of rotatable bonds is 1. The minimum atomic E-state index is 0.900. The van der Waals surface area contributed by atoms with E-state index < -0.39 is 0 Å². The van der Waals surface area contributed by atoms with Crippen LogP contribution in [0.2, 0.25) is 0 Å². The summed E-state index contributed by atoms with van der Waals surface area (Å²) in [7, 11) is 0. The number of fused-ring (bicyclic) bond motifs is 1. The molecule has 82 valence electrons. The Kier molecular flexibility index (Phi) is 2.61. The first-order valence-corrected chi connectivity index (χ1v) is 6.10. The van der Waals surface area contributed by atoms with Crippen LogP contribution in [-0.4, -0.2) is 9.97 Å². The van der Waals surface area contributed by atoms with Crippen LogP contribution >= 0.6 is 15.9 Å². The highest BCUT2D eigenvalue weighted by molar-refractivity contribution is 9.10. The molecule has 0 bridgehead atoms. The Morgan fingerprint density at radius 1 is 0.882 bits per heavy atom. The van der Waals surface area contributed by atoms with Crippen LogP contribution in [0.4, 0.5) is 0 Å². The molecule has 1 aromatic carbocycles. The van der Waals surface area contributed by atoms with Gasteiger partial charge in [0.15, 0.2) is 0 Å². The molecule has 2 aromatic heterocycles. The lowest BCUT2D eigenvalue weighted by Gasteiger charge is -2.02. The van der Waals surface area contributed by atoms with E-state index in [0.717, 1.165) is 26.8 Å². The first-order chi connectivity index (χ1) is 8.33. The van der Waals surface area contributed by atoms with Crippen molar-refractivity contribution < 1.29 is 0 Å². The highest BCUT2D eigenvalue weighted by Crippen LogP contribution is 2.22. The van der Waals surface area contributed by atoms with E-state index in [1.807, 2.05) is 36.4 Å². The molecule has 17 heavy (non-hydrogen) atoms. The summed E-state index contributed by atoms with van der Waals surface area (Å²) >= 11 is 3.46. The molecule has 2 heterocycles. The lowest BCUT2D eigenvalue weighted by molar-refractivity contribution is 1.28. The second kappa shape index (κ2) is 4.26. The van der Waals surface area contributed by atoms with Crippen molar-refractivity contribution in [1.82, 2.24) is 9.97 Å². The van der Waals surface area contributed by atoms with Gasteiger partial charge in [0.2, 0.25) is 0 Å². The third kappa shape index (κ3) is 2.06. The third-order valence-corrected chi connectivity index (χ3v) is 3.07. The predicted octanol–water partition coefficient (Wildman–Crippen LogP) is 4.06. The zero-order valence-corrected chi connectivity index (χ0v) is 10.6. The SMILES string of the molecule is Brc1ccc2nc(-c3ccccn3)ccc2c1. The van der Waals surface area contributed by atoms with Gasteiger partial charge in [0.25, 0.3) is 0 Å². The summed E-state index contributed by atoms with van der Waals surface area (Å²) in [6, 6.07) is 16.0. The molecule has 0 N–H and O–H groups in total. The van der Waals surface area contributed by atoms with Crippen LogP contribution in [0.15, 0.2) is 59.2 Å². The second-order valence-electron chi connectivity index (χ2n) is 3.75. The van der Waals surface area contributed by atoms with Crippen molar-refractivity contribution in [3.63, 3.8) is 0 Å². The summed E-state index contributed by atoms with van der Waals surface area (Å²) in [5.41, 5.74) is 2.79. The quantitative estimate of drug-likeness (QED) is 0.673. The molecular formula is C14H9BrN2. The largest absolute Gasteiger partial charge is 0.255 e. The summed E-state index contributed by atoms with van der Waals surface area (Å²) in [6.45, 7) is 0. The van der Waals surface area contributed by atoms with Gasteiger partial charge in [0, 0.05) is 16.1 Å². The van der Waals surface area contributed by atoms with E-state index in [-0.39, 0.29) is 0 Å². The van der Waals surface area contributed by atoms with E-state index in [2.05, 4.69) is 38.0 Å². The van der Waals surface area contributed by atoms with E-state index in [4.69, 9.17) is 0 Å². The van der Waals surface area contributed by atoms with Gasteiger partial charge < -0.3 is 0 Å². The van der Waals surface area contributed by atoms with Crippen LogP contribution in [0, 0.1) is 0 Å². The van der Waals surface area contributed by atoms with E-state index in [1.54, 1.807) is 6.20 Å². The van der Waals surface area contributed by atoms with Crippen LogP contribution in [0.1, 0.15) is 0 Å². The van der Waals surface area contributed by atoms with Crippen LogP contribution in [-0.2, 0) is 0 Å². The van der Waals surface area contributed by atoms with Crippen molar-refractivity contribution in [3.05, 3.63) is 59.2 Å². The number of hydrogen-bond acceptors (Lipinski definition) is 2. The van der Waals surface area contributed by atoms with E-state index in [9.17, 15) is 0 Å². The summed E-state index contributed by atoms with van der Waals surface area (Å²) in [6.07, 6.45) is 1.78. The predicted molar refractivity (Wildman–Crippen MR) is 72.7 cm³/mol. The normalized spacial score (nSPS) is 10.6. The fourth-order valence-electron chi connectivity index (χ4n) is 1.75. The zero-order valence-electron chi connectivity index (χ0n) is 8.97.